The van der Waals surface area contributed by atoms with Crippen molar-refractivity contribution in [2.45, 2.75) is 102 Å². The van der Waals surface area contributed by atoms with Crippen molar-refractivity contribution >= 4 is 27.8 Å². The van der Waals surface area contributed by atoms with Crippen LogP contribution in [0.2, 0.25) is 0 Å². The Labute approximate surface area is 382 Å². The number of nitrogens with zero attached hydrogens (tertiary/aromatic N) is 11. The summed E-state index contributed by atoms with van der Waals surface area (Å²) >= 11 is 0. The van der Waals surface area contributed by atoms with Gasteiger partial charge in [0.05, 0.1) is 56.8 Å². The predicted molar refractivity (Wildman–Crippen MR) is 242 cm³/mol. The number of amides is 1. The monoisotopic (exact) mass is 909 g/mol. The van der Waals surface area contributed by atoms with Gasteiger partial charge in [0.25, 0.3) is 5.91 Å². The standard InChI is InChI=1S/C49H49F2N11O5/c1-25-18-30(19-26(2)41(25)50)62-43(59-16-15-58(46(59)64)38-13-12-35-31(42(38)51)24-52-57(35)7)40-34(54-62)20-29-8-10-37(40)60(29)44(63)39-21-33-36(11-9-32(53-33)28-14-17-66-48(4,5)23-28)61(39)49(22-27(49)3)45-55-67-47(65)56(45)6/h9,11-13,15-16,18-19,21,24,27-29,37H,8,10,14,17,20,22-23H2,1-7H3/t27-,28-,29+,37-,49-/m0/s1. The fraction of sp³-hybridized carbons (Fsp3) is 0.408. The van der Waals surface area contributed by atoms with Gasteiger partial charge in [-0.3, -0.25) is 32.7 Å². The number of ether oxygens (including phenoxy) is 1. The molecule has 2 aromatic carbocycles. The van der Waals surface area contributed by atoms with E-state index in [1.165, 1.54) is 26.1 Å². The largest absolute Gasteiger partial charge is 0.441 e. The van der Waals surface area contributed by atoms with Crippen molar-refractivity contribution in [3.8, 4) is 17.2 Å². The zero-order valence-electron chi connectivity index (χ0n) is 38.2. The lowest BCUT2D eigenvalue weighted by atomic mass is 9.86. The molecular weight excluding hydrogens is 861 g/mol. The molecule has 0 spiro atoms. The second-order valence-corrected chi connectivity index (χ2v) is 19.7. The first-order valence-corrected chi connectivity index (χ1v) is 22.9. The van der Waals surface area contributed by atoms with E-state index in [0.29, 0.717) is 88.7 Å². The topological polar surface area (TPSA) is 158 Å². The zero-order chi connectivity index (χ0) is 46.6. The number of carbonyl (C=O) groups is 1. The maximum Gasteiger partial charge on any atom is 0.441 e. The van der Waals surface area contributed by atoms with E-state index in [4.69, 9.17) is 19.3 Å². The molecule has 2 saturated heterocycles. The number of hydrogen-bond donors (Lipinski definition) is 0. The third kappa shape index (κ3) is 5.93. The second-order valence-electron chi connectivity index (χ2n) is 19.7. The Morgan fingerprint density at radius 2 is 1.66 bits per heavy atom. The van der Waals surface area contributed by atoms with E-state index in [1.54, 1.807) is 67.8 Å². The Balaban J connectivity index is 1.03. The van der Waals surface area contributed by atoms with Crippen LogP contribution in [-0.2, 0) is 30.8 Å². The van der Waals surface area contributed by atoms with Gasteiger partial charge in [-0.05, 0) is 119 Å². The molecule has 6 aromatic heterocycles. The molecule has 0 unspecified atom stereocenters. The van der Waals surface area contributed by atoms with Gasteiger partial charge < -0.3 is 14.2 Å². The molecule has 18 heteroatoms. The highest BCUT2D eigenvalue weighted by Crippen LogP contribution is 2.57. The van der Waals surface area contributed by atoms with Crippen molar-refractivity contribution < 1.29 is 22.8 Å². The van der Waals surface area contributed by atoms with Gasteiger partial charge in [0.15, 0.2) is 11.6 Å². The summed E-state index contributed by atoms with van der Waals surface area (Å²) in [5.74, 6) is -0.818. The van der Waals surface area contributed by atoms with Crippen LogP contribution in [0.5, 0.6) is 0 Å². The van der Waals surface area contributed by atoms with Crippen molar-refractivity contribution in [3.63, 3.8) is 0 Å². The predicted octanol–water partition coefficient (Wildman–Crippen LogP) is 6.99. The van der Waals surface area contributed by atoms with Crippen molar-refractivity contribution in [3.05, 3.63) is 133 Å². The van der Waals surface area contributed by atoms with Crippen LogP contribution in [-0.4, -0.2) is 77.0 Å². The summed E-state index contributed by atoms with van der Waals surface area (Å²) in [5, 5.41) is 13.9. The minimum atomic E-state index is -0.879. The molecule has 1 aliphatic carbocycles. The maximum absolute atomic E-state index is 16.2. The average molecular weight is 910 g/mol. The van der Waals surface area contributed by atoms with Crippen LogP contribution in [0.3, 0.4) is 0 Å². The molecule has 344 valence electrons. The number of pyridine rings is 1. The summed E-state index contributed by atoms with van der Waals surface area (Å²) in [6.45, 7) is 10.2. The van der Waals surface area contributed by atoms with Crippen LogP contribution < -0.4 is 11.4 Å². The lowest BCUT2D eigenvalue weighted by molar-refractivity contribution is -0.0597. The van der Waals surface area contributed by atoms with Crippen LogP contribution in [0, 0.1) is 31.4 Å². The molecule has 1 saturated carbocycles. The Bertz CT molecular complexity index is 3510. The highest BCUT2D eigenvalue weighted by molar-refractivity contribution is 5.99. The first kappa shape index (κ1) is 41.5. The lowest BCUT2D eigenvalue weighted by Crippen LogP contribution is -2.43. The number of imidazole rings is 1. The van der Waals surface area contributed by atoms with Gasteiger partial charge >= 0.3 is 11.4 Å². The molecule has 1 amide bonds. The minimum absolute atomic E-state index is 0.0157. The third-order valence-electron chi connectivity index (χ3n) is 15.1. The van der Waals surface area contributed by atoms with Crippen molar-refractivity contribution in [1.29, 1.82) is 0 Å². The lowest BCUT2D eigenvalue weighted by Gasteiger charge is -2.35. The van der Waals surface area contributed by atoms with Crippen LogP contribution in [0.1, 0.15) is 109 Å². The van der Waals surface area contributed by atoms with E-state index in [-0.39, 0.29) is 46.3 Å². The molecule has 3 aliphatic heterocycles. The van der Waals surface area contributed by atoms with E-state index < -0.39 is 28.8 Å². The quantitative estimate of drug-likeness (QED) is 0.164. The number of fused-ring (bicyclic) bond motifs is 6. The number of aromatic nitrogens is 10. The summed E-state index contributed by atoms with van der Waals surface area (Å²) < 4.78 is 52.0. The molecule has 0 N–H and O–H groups in total. The van der Waals surface area contributed by atoms with E-state index in [2.05, 4.69) is 31.0 Å². The summed E-state index contributed by atoms with van der Waals surface area (Å²) in [4.78, 5) is 50.7. The van der Waals surface area contributed by atoms with Crippen LogP contribution in [0.25, 0.3) is 39.1 Å². The summed E-state index contributed by atoms with van der Waals surface area (Å²) in [7, 11) is 3.36. The van der Waals surface area contributed by atoms with Crippen molar-refractivity contribution in [1.82, 2.24) is 52.9 Å². The van der Waals surface area contributed by atoms with Gasteiger partial charge in [-0.2, -0.15) is 10.2 Å². The summed E-state index contributed by atoms with van der Waals surface area (Å²) in [6, 6.07) is 11.8. The Morgan fingerprint density at radius 1 is 0.910 bits per heavy atom. The van der Waals surface area contributed by atoms with Crippen molar-refractivity contribution in [2.75, 3.05) is 6.61 Å². The number of halogens is 2. The first-order valence-electron chi connectivity index (χ1n) is 22.9. The van der Waals surface area contributed by atoms with Gasteiger partial charge in [-0.1, -0.05) is 12.1 Å². The number of hydrogen-bond acceptors (Lipinski definition) is 9. The number of rotatable bonds is 7. The molecule has 5 atom stereocenters. The van der Waals surface area contributed by atoms with Gasteiger partial charge in [-0.15, -0.1) is 0 Å². The molecule has 9 heterocycles. The Morgan fingerprint density at radius 3 is 2.37 bits per heavy atom. The summed E-state index contributed by atoms with van der Waals surface area (Å²) in [6.07, 6.45) is 8.40. The Hall–Kier alpha value is -6.95. The number of carbonyl (C=O) groups excluding carboxylic acids is 1. The molecule has 2 bridgehead atoms. The average Bonchev–Trinajstić information content (AvgIpc) is 3.97. The number of benzene rings is 2. The minimum Gasteiger partial charge on any atom is -0.376 e. The molecule has 67 heavy (non-hydrogen) atoms. The second kappa shape index (κ2) is 14.3. The SMILES string of the molecule is Cc1cc(-n2nc3c(c2-n2ccn(-c4ccc5c(cnn5C)c4F)c2=O)[C@@H]2CC[C@H](C3)N2C(=O)c2cc3nc([C@H]4CCOC(C)(C)C4)ccc3n2[C@@]2(c3noc(=O)n3C)C[C@@H]2C)cc(C)c1F. The molecule has 8 aromatic rings. The van der Waals surface area contributed by atoms with Crippen LogP contribution in [0.15, 0.2) is 75.2 Å². The van der Waals surface area contributed by atoms with E-state index in [0.717, 1.165) is 24.1 Å². The highest BCUT2D eigenvalue weighted by Gasteiger charge is 2.60. The van der Waals surface area contributed by atoms with E-state index in [1.807, 2.05) is 27.7 Å². The molecule has 4 aliphatic rings. The Kier molecular flexibility index (Phi) is 8.84. The highest BCUT2D eigenvalue weighted by atomic mass is 19.1. The number of aryl methyl sites for hydroxylation is 3. The fourth-order valence-electron chi connectivity index (χ4n) is 11.7. The molecular formula is C49H49F2N11O5. The normalized spacial score (nSPS) is 23.1. The van der Waals surface area contributed by atoms with Crippen molar-refractivity contribution in [2.24, 2.45) is 20.0 Å². The molecule has 12 rings (SSSR count). The first-order chi connectivity index (χ1) is 32.1. The van der Waals surface area contributed by atoms with Gasteiger partial charge in [-0.25, -0.2) is 23.1 Å². The maximum atomic E-state index is 16.2. The van der Waals surface area contributed by atoms with Crippen LogP contribution >= 0.6 is 0 Å². The fourth-order valence-corrected chi connectivity index (χ4v) is 11.7. The summed E-state index contributed by atoms with van der Waals surface area (Å²) in [5.41, 5.74) is 4.35. The van der Waals surface area contributed by atoms with Crippen LogP contribution in [0.4, 0.5) is 8.78 Å². The third-order valence-corrected chi connectivity index (χ3v) is 15.1. The molecule has 3 fully saturated rings. The molecule has 0 radical (unpaired) electrons. The smallest absolute Gasteiger partial charge is 0.376 e. The van der Waals surface area contributed by atoms with E-state index >= 15 is 13.6 Å². The van der Waals surface area contributed by atoms with Gasteiger partial charge in [0, 0.05) is 62.7 Å². The van der Waals surface area contributed by atoms with Gasteiger partial charge in [0.1, 0.15) is 22.9 Å². The molecule has 16 nitrogen and oxygen atoms in total. The zero-order valence-corrected chi connectivity index (χ0v) is 38.2. The van der Waals surface area contributed by atoms with Gasteiger partial charge in [0.2, 0.25) is 0 Å². The van der Waals surface area contributed by atoms with E-state index in [9.17, 15) is 9.59 Å².